The van der Waals surface area contributed by atoms with Gasteiger partial charge in [0.25, 0.3) is 0 Å². The van der Waals surface area contributed by atoms with Crippen LogP contribution in [0.25, 0.3) is 0 Å². The lowest BCUT2D eigenvalue weighted by Crippen LogP contribution is -2.40. The van der Waals surface area contributed by atoms with Gasteiger partial charge in [0.05, 0.1) is 11.5 Å². The van der Waals surface area contributed by atoms with Crippen LogP contribution in [0, 0.1) is 5.92 Å². The Morgan fingerprint density at radius 3 is 2.64 bits per heavy atom. The molecule has 1 aliphatic rings. The highest BCUT2D eigenvalue weighted by Gasteiger charge is 2.27. The number of aliphatic imine (C=N–C) groups is 1. The van der Waals surface area contributed by atoms with E-state index in [1.807, 2.05) is 24.1 Å². The molecule has 1 aromatic carbocycles. The van der Waals surface area contributed by atoms with E-state index < -0.39 is 9.84 Å². The fourth-order valence-electron chi connectivity index (χ4n) is 2.59. The first-order valence-corrected chi connectivity index (χ1v) is 9.88. The second-order valence-electron chi connectivity index (χ2n) is 5.68. The van der Waals surface area contributed by atoms with Crippen LogP contribution in [0.2, 0.25) is 0 Å². The van der Waals surface area contributed by atoms with Crippen molar-refractivity contribution < 1.29 is 8.42 Å². The summed E-state index contributed by atoms with van der Waals surface area (Å²) in [5.41, 5.74) is 1.19. The van der Waals surface area contributed by atoms with E-state index in [9.17, 15) is 8.42 Å². The summed E-state index contributed by atoms with van der Waals surface area (Å²) in [4.78, 5) is 6.31. The largest absolute Gasteiger partial charge is 0.356 e. The molecular weight excluding hydrogens is 366 g/mol. The second kappa shape index (κ2) is 7.46. The molecule has 122 valence electrons. The molecule has 0 amide bonds. The Hall–Kier alpha value is -1.08. The smallest absolute Gasteiger partial charge is 0.193 e. The van der Waals surface area contributed by atoms with Crippen LogP contribution in [-0.2, 0) is 16.4 Å². The van der Waals surface area contributed by atoms with E-state index in [4.69, 9.17) is 0 Å². The molecule has 0 saturated carbocycles. The van der Waals surface area contributed by atoms with E-state index in [-0.39, 0.29) is 11.7 Å². The highest BCUT2D eigenvalue weighted by atomic mass is 79.9. The van der Waals surface area contributed by atoms with Crippen molar-refractivity contribution >= 4 is 31.7 Å². The minimum absolute atomic E-state index is 0.183. The molecule has 0 bridgehead atoms. The van der Waals surface area contributed by atoms with Crippen LogP contribution in [0.1, 0.15) is 12.0 Å². The van der Waals surface area contributed by atoms with Crippen LogP contribution in [0.3, 0.4) is 0 Å². The number of sulfone groups is 1. The molecule has 1 aliphatic heterocycles. The molecule has 0 radical (unpaired) electrons. The summed E-state index contributed by atoms with van der Waals surface area (Å²) in [6, 6.07) is 8.17. The Bertz CT molecular complexity index is 629. The van der Waals surface area contributed by atoms with Gasteiger partial charge in [-0.3, -0.25) is 4.99 Å². The van der Waals surface area contributed by atoms with E-state index in [0.29, 0.717) is 12.3 Å². The number of halogens is 1. The number of rotatable bonds is 4. The third-order valence-electron chi connectivity index (χ3n) is 3.78. The highest BCUT2D eigenvalue weighted by molar-refractivity contribution is 9.10. The fraction of sp³-hybridized carbons (Fsp3) is 0.533. The summed E-state index contributed by atoms with van der Waals surface area (Å²) in [6.07, 6.45) is 0.739. The predicted octanol–water partition coefficient (Wildman–Crippen LogP) is 1.89. The minimum Gasteiger partial charge on any atom is -0.356 e. The summed E-state index contributed by atoms with van der Waals surface area (Å²) in [5.74, 6) is 1.56. The van der Waals surface area contributed by atoms with Gasteiger partial charge < -0.3 is 10.2 Å². The number of benzene rings is 1. The number of hydrogen-bond donors (Lipinski definition) is 1. The lowest BCUT2D eigenvalue weighted by Gasteiger charge is -2.23. The van der Waals surface area contributed by atoms with Crippen molar-refractivity contribution in [3.8, 4) is 0 Å². The first-order chi connectivity index (χ1) is 10.4. The van der Waals surface area contributed by atoms with Crippen molar-refractivity contribution in [2.75, 3.05) is 32.1 Å². The minimum atomic E-state index is -2.82. The normalized spacial score (nSPS) is 20.9. The van der Waals surface area contributed by atoms with Crippen molar-refractivity contribution in [1.82, 2.24) is 10.2 Å². The summed E-state index contributed by atoms with van der Waals surface area (Å²) in [6.45, 7) is 1.40. The van der Waals surface area contributed by atoms with Gasteiger partial charge in [0.2, 0.25) is 0 Å². The van der Waals surface area contributed by atoms with Crippen molar-refractivity contribution in [3.05, 3.63) is 34.3 Å². The van der Waals surface area contributed by atoms with E-state index in [2.05, 4.69) is 38.4 Å². The predicted molar refractivity (Wildman–Crippen MR) is 93.7 cm³/mol. The van der Waals surface area contributed by atoms with Gasteiger partial charge in [-0.25, -0.2) is 8.42 Å². The third-order valence-corrected chi connectivity index (χ3v) is 6.15. The molecule has 1 N–H and O–H groups in total. The molecule has 0 aromatic heterocycles. The average molecular weight is 388 g/mol. The Labute approximate surface area is 140 Å². The fourth-order valence-corrected chi connectivity index (χ4v) is 4.72. The molecule has 2 rings (SSSR count). The molecule has 1 unspecified atom stereocenters. The van der Waals surface area contributed by atoms with Crippen molar-refractivity contribution in [3.63, 3.8) is 0 Å². The zero-order valence-electron chi connectivity index (χ0n) is 12.9. The van der Waals surface area contributed by atoms with Gasteiger partial charge in [0.15, 0.2) is 15.8 Å². The van der Waals surface area contributed by atoms with Gasteiger partial charge in [-0.15, -0.1) is 0 Å². The van der Waals surface area contributed by atoms with Gasteiger partial charge in [-0.2, -0.15) is 0 Å². The molecule has 22 heavy (non-hydrogen) atoms. The zero-order chi connectivity index (χ0) is 16.2. The Balaban J connectivity index is 1.87. The van der Waals surface area contributed by atoms with Gasteiger partial charge in [-0.1, -0.05) is 28.1 Å². The number of hydrogen-bond acceptors (Lipinski definition) is 3. The Morgan fingerprint density at radius 2 is 2.09 bits per heavy atom. The van der Waals surface area contributed by atoms with Crippen LogP contribution in [-0.4, -0.2) is 51.4 Å². The van der Waals surface area contributed by atoms with Crippen LogP contribution in [0.15, 0.2) is 33.7 Å². The first-order valence-electron chi connectivity index (χ1n) is 7.26. The molecule has 0 aliphatic carbocycles. The maximum absolute atomic E-state index is 11.5. The molecule has 1 atom stereocenters. The molecule has 0 spiro atoms. The molecule has 1 fully saturated rings. The molecule has 1 saturated heterocycles. The van der Waals surface area contributed by atoms with Crippen LogP contribution in [0.4, 0.5) is 0 Å². The zero-order valence-corrected chi connectivity index (χ0v) is 15.3. The summed E-state index contributed by atoms with van der Waals surface area (Å²) in [7, 11) is 0.896. The number of guanidine groups is 1. The number of nitrogens with one attached hydrogen (secondary N) is 1. The summed E-state index contributed by atoms with van der Waals surface area (Å²) in [5, 5.41) is 3.28. The summed E-state index contributed by atoms with van der Waals surface area (Å²) >= 11 is 3.43. The first kappa shape index (κ1) is 17.3. The van der Waals surface area contributed by atoms with Gasteiger partial charge >= 0.3 is 0 Å². The van der Waals surface area contributed by atoms with Crippen molar-refractivity contribution in [2.24, 2.45) is 10.9 Å². The Morgan fingerprint density at radius 1 is 1.41 bits per heavy atom. The van der Waals surface area contributed by atoms with E-state index >= 15 is 0 Å². The van der Waals surface area contributed by atoms with Gasteiger partial charge in [0, 0.05) is 31.7 Å². The lowest BCUT2D eigenvalue weighted by atomic mass is 10.1. The quantitative estimate of drug-likeness (QED) is 0.632. The summed E-state index contributed by atoms with van der Waals surface area (Å²) < 4.78 is 24.0. The average Bonchev–Trinajstić information content (AvgIpc) is 2.81. The standard InChI is InChI=1S/C15H22BrN3O2S/c1-17-15(18-9-13-7-8-22(20,21)11-13)19(2)10-12-3-5-14(16)6-4-12/h3-6,13H,7-11H2,1-2H3,(H,17,18). The molecule has 1 heterocycles. The van der Waals surface area contributed by atoms with Gasteiger partial charge in [0.1, 0.15) is 0 Å². The van der Waals surface area contributed by atoms with E-state index in [0.717, 1.165) is 23.4 Å². The number of nitrogens with zero attached hydrogens (tertiary/aromatic N) is 2. The molecular formula is C15H22BrN3O2S. The second-order valence-corrected chi connectivity index (χ2v) is 8.82. The van der Waals surface area contributed by atoms with Gasteiger partial charge in [-0.05, 0) is 30.0 Å². The maximum Gasteiger partial charge on any atom is 0.193 e. The van der Waals surface area contributed by atoms with Crippen molar-refractivity contribution in [1.29, 1.82) is 0 Å². The lowest BCUT2D eigenvalue weighted by molar-refractivity contribution is 0.463. The topological polar surface area (TPSA) is 61.8 Å². The van der Waals surface area contributed by atoms with E-state index in [1.165, 1.54) is 5.56 Å². The van der Waals surface area contributed by atoms with E-state index in [1.54, 1.807) is 7.05 Å². The highest BCUT2D eigenvalue weighted by Crippen LogP contribution is 2.17. The Kier molecular flexibility index (Phi) is 5.86. The SMILES string of the molecule is CN=C(NCC1CCS(=O)(=O)C1)N(C)Cc1ccc(Br)cc1. The maximum atomic E-state index is 11.5. The molecule has 1 aromatic rings. The van der Waals surface area contributed by atoms with Crippen LogP contribution >= 0.6 is 15.9 Å². The molecule has 7 heteroatoms. The molecule has 5 nitrogen and oxygen atoms in total. The third kappa shape index (κ3) is 4.98. The van der Waals surface area contributed by atoms with Crippen molar-refractivity contribution in [2.45, 2.75) is 13.0 Å². The van der Waals surface area contributed by atoms with Crippen LogP contribution < -0.4 is 5.32 Å². The monoisotopic (exact) mass is 387 g/mol. The van der Waals surface area contributed by atoms with Crippen LogP contribution in [0.5, 0.6) is 0 Å².